The van der Waals surface area contributed by atoms with E-state index in [1.807, 2.05) is 0 Å². The molecule has 0 saturated carbocycles. The highest BCUT2D eigenvalue weighted by atomic mass is 16.7. The van der Waals surface area contributed by atoms with Gasteiger partial charge in [0.15, 0.2) is 6.29 Å². The van der Waals surface area contributed by atoms with Crippen molar-refractivity contribution in [1.82, 2.24) is 0 Å². The third kappa shape index (κ3) is 8.80. The normalized spacial score (nSPS) is 29.9. The number of hydrogen-bond acceptors (Lipinski definition) is 6. The van der Waals surface area contributed by atoms with Crippen molar-refractivity contribution < 1.29 is 29.5 Å². The van der Waals surface area contributed by atoms with Crippen LogP contribution in [-0.4, -0.2) is 66.3 Å². The maximum Gasteiger partial charge on any atom is 0.186 e. The van der Waals surface area contributed by atoms with Crippen LogP contribution in [0.1, 0.15) is 71.1 Å². The zero-order chi connectivity index (χ0) is 18.5. The van der Waals surface area contributed by atoms with Crippen molar-refractivity contribution in [2.45, 2.75) is 102 Å². The molecule has 0 amide bonds. The molecule has 1 rings (SSSR count). The van der Waals surface area contributed by atoms with Crippen LogP contribution in [0.2, 0.25) is 0 Å². The second-order valence-corrected chi connectivity index (χ2v) is 7.01. The lowest BCUT2D eigenvalue weighted by Crippen LogP contribution is -2.59. The number of hydrogen-bond donors (Lipinski definition) is 3. The van der Waals surface area contributed by atoms with E-state index < -0.39 is 30.7 Å². The molecule has 1 heterocycles. The van der Waals surface area contributed by atoms with E-state index in [0.717, 1.165) is 12.8 Å². The Kier molecular flexibility index (Phi) is 12.7. The van der Waals surface area contributed by atoms with E-state index in [-0.39, 0.29) is 6.61 Å². The van der Waals surface area contributed by atoms with Gasteiger partial charge in [0.1, 0.15) is 24.4 Å². The fourth-order valence-electron chi connectivity index (χ4n) is 3.14. The summed E-state index contributed by atoms with van der Waals surface area (Å²) in [6.07, 6.45) is 7.38. The smallest absolute Gasteiger partial charge is 0.186 e. The highest BCUT2D eigenvalue weighted by Gasteiger charge is 2.43. The molecule has 0 aromatic rings. The molecular formula is C19H38O6. The number of aliphatic hydroxyl groups excluding tert-OH is 3. The van der Waals surface area contributed by atoms with Crippen molar-refractivity contribution in [2.24, 2.45) is 0 Å². The van der Waals surface area contributed by atoms with Crippen LogP contribution in [-0.2, 0) is 14.2 Å². The first-order valence-corrected chi connectivity index (χ1v) is 9.92. The summed E-state index contributed by atoms with van der Waals surface area (Å²) in [6, 6.07) is 0. The number of methoxy groups -OCH3 is 1. The molecule has 0 aromatic carbocycles. The third-order valence-electron chi connectivity index (χ3n) is 4.83. The molecule has 0 aliphatic carbocycles. The van der Waals surface area contributed by atoms with Gasteiger partial charge in [-0.15, -0.1) is 0 Å². The Morgan fingerprint density at radius 2 is 1.32 bits per heavy atom. The number of aliphatic hydroxyl groups is 3. The molecule has 25 heavy (non-hydrogen) atoms. The lowest BCUT2D eigenvalue weighted by atomic mass is 9.99. The lowest BCUT2D eigenvalue weighted by molar-refractivity contribution is -0.296. The Hall–Kier alpha value is -0.240. The number of ether oxygens (including phenoxy) is 3. The van der Waals surface area contributed by atoms with E-state index in [9.17, 15) is 15.3 Å². The van der Waals surface area contributed by atoms with Gasteiger partial charge in [0.2, 0.25) is 0 Å². The standard InChI is InChI=1S/C19H38O6/c1-3-4-5-6-7-8-9-10-11-12-13-24-14-15-16(20)17(21)18(22)19(23-2)25-15/h15-22H,3-14H2,1-2H3/t15-,16-,17+,18-,19-/m1/s1. The van der Waals surface area contributed by atoms with Gasteiger partial charge in [0, 0.05) is 13.7 Å². The molecular weight excluding hydrogens is 324 g/mol. The Morgan fingerprint density at radius 1 is 0.760 bits per heavy atom. The summed E-state index contributed by atoms with van der Waals surface area (Å²) < 4.78 is 15.9. The predicted molar refractivity (Wildman–Crippen MR) is 96.4 cm³/mol. The highest BCUT2D eigenvalue weighted by molar-refractivity contribution is 4.88. The van der Waals surface area contributed by atoms with Gasteiger partial charge in [-0.2, -0.15) is 0 Å². The van der Waals surface area contributed by atoms with Gasteiger partial charge in [-0.25, -0.2) is 0 Å². The minimum Gasteiger partial charge on any atom is -0.387 e. The molecule has 1 saturated heterocycles. The summed E-state index contributed by atoms with van der Waals surface area (Å²) >= 11 is 0. The molecule has 0 bridgehead atoms. The lowest BCUT2D eigenvalue weighted by Gasteiger charge is -2.39. The molecule has 0 unspecified atom stereocenters. The highest BCUT2D eigenvalue weighted by Crippen LogP contribution is 2.22. The molecule has 6 nitrogen and oxygen atoms in total. The van der Waals surface area contributed by atoms with Crippen molar-refractivity contribution in [2.75, 3.05) is 20.3 Å². The van der Waals surface area contributed by atoms with Crippen molar-refractivity contribution in [3.63, 3.8) is 0 Å². The largest absolute Gasteiger partial charge is 0.387 e. The minimum absolute atomic E-state index is 0.183. The molecule has 1 fully saturated rings. The van der Waals surface area contributed by atoms with Crippen LogP contribution in [0.3, 0.4) is 0 Å². The maximum atomic E-state index is 9.93. The van der Waals surface area contributed by atoms with Crippen molar-refractivity contribution in [1.29, 1.82) is 0 Å². The average molecular weight is 363 g/mol. The van der Waals surface area contributed by atoms with Crippen LogP contribution in [0.4, 0.5) is 0 Å². The SMILES string of the molecule is CCCCCCCCCCCCOC[C@H]1O[C@@H](OC)[C@H](O)[C@@H](O)[C@@H]1O. The van der Waals surface area contributed by atoms with Gasteiger partial charge in [-0.05, 0) is 6.42 Å². The quantitative estimate of drug-likeness (QED) is 0.411. The van der Waals surface area contributed by atoms with Crippen LogP contribution in [0, 0.1) is 0 Å². The molecule has 0 aromatic heterocycles. The van der Waals surface area contributed by atoms with E-state index in [4.69, 9.17) is 14.2 Å². The molecule has 150 valence electrons. The Bertz CT molecular complexity index is 312. The van der Waals surface area contributed by atoms with Crippen LogP contribution >= 0.6 is 0 Å². The van der Waals surface area contributed by atoms with E-state index in [2.05, 4.69) is 6.92 Å². The fourth-order valence-corrected chi connectivity index (χ4v) is 3.14. The molecule has 0 spiro atoms. The van der Waals surface area contributed by atoms with Gasteiger partial charge >= 0.3 is 0 Å². The molecule has 1 aliphatic heterocycles. The average Bonchev–Trinajstić information content (AvgIpc) is 2.62. The van der Waals surface area contributed by atoms with E-state index in [1.165, 1.54) is 58.5 Å². The Balaban J connectivity index is 1.99. The van der Waals surface area contributed by atoms with Crippen molar-refractivity contribution >= 4 is 0 Å². The van der Waals surface area contributed by atoms with Crippen molar-refractivity contribution in [3.05, 3.63) is 0 Å². The van der Waals surface area contributed by atoms with Gasteiger partial charge in [-0.3, -0.25) is 0 Å². The van der Waals surface area contributed by atoms with Crippen LogP contribution in [0.15, 0.2) is 0 Å². The van der Waals surface area contributed by atoms with E-state index in [0.29, 0.717) is 6.61 Å². The summed E-state index contributed by atoms with van der Waals surface area (Å²) in [6.45, 7) is 3.03. The summed E-state index contributed by atoms with van der Waals surface area (Å²) in [7, 11) is 1.39. The summed E-state index contributed by atoms with van der Waals surface area (Å²) in [5, 5.41) is 29.4. The second-order valence-electron chi connectivity index (χ2n) is 7.01. The second kappa shape index (κ2) is 13.9. The fraction of sp³-hybridized carbons (Fsp3) is 1.00. The van der Waals surface area contributed by atoms with Gasteiger partial charge < -0.3 is 29.5 Å². The first-order valence-electron chi connectivity index (χ1n) is 9.92. The molecule has 6 heteroatoms. The Morgan fingerprint density at radius 3 is 1.88 bits per heavy atom. The first kappa shape index (κ1) is 22.8. The van der Waals surface area contributed by atoms with E-state index in [1.54, 1.807) is 0 Å². The zero-order valence-electron chi connectivity index (χ0n) is 15.9. The minimum atomic E-state index is -1.29. The molecule has 1 aliphatic rings. The molecule has 5 atom stereocenters. The number of rotatable bonds is 14. The summed E-state index contributed by atoms with van der Waals surface area (Å²) in [5.41, 5.74) is 0. The topological polar surface area (TPSA) is 88.4 Å². The predicted octanol–water partition coefficient (Wildman–Crippen LogP) is 2.38. The van der Waals surface area contributed by atoms with Gasteiger partial charge in [-0.1, -0.05) is 64.7 Å². The van der Waals surface area contributed by atoms with Crippen molar-refractivity contribution in [3.8, 4) is 0 Å². The monoisotopic (exact) mass is 362 g/mol. The Labute approximate surface area is 152 Å². The molecule has 3 N–H and O–H groups in total. The molecule has 0 radical (unpaired) electrons. The third-order valence-corrected chi connectivity index (χ3v) is 4.83. The maximum absolute atomic E-state index is 9.93. The summed E-state index contributed by atoms with van der Waals surface area (Å²) in [5.74, 6) is 0. The van der Waals surface area contributed by atoms with Gasteiger partial charge in [0.25, 0.3) is 0 Å². The van der Waals surface area contributed by atoms with E-state index >= 15 is 0 Å². The van der Waals surface area contributed by atoms with Crippen LogP contribution < -0.4 is 0 Å². The summed E-state index contributed by atoms with van der Waals surface area (Å²) in [4.78, 5) is 0. The van der Waals surface area contributed by atoms with Crippen LogP contribution in [0.5, 0.6) is 0 Å². The van der Waals surface area contributed by atoms with Gasteiger partial charge in [0.05, 0.1) is 6.61 Å². The number of unbranched alkanes of at least 4 members (excludes halogenated alkanes) is 9. The zero-order valence-corrected chi connectivity index (χ0v) is 15.9. The van der Waals surface area contributed by atoms with Crippen LogP contribution in [0.25, 0.3) is 0 Å². The first-order chi connectivity index (χ1) is 12.1.